The number of benzene rings is 3. The second-order valence-electron chi connectivity index (χ2n) is 10.5. The second-order valence-corrected chi connectivity index (χ2v) is 10.5. The number of anilines is 1. The quantitative estimate of drug-likeness (QED) is 0.396. The Morgan fingerprint density at radius 1 is 0.974 bits per heavy atom. The summed E-state index contributed by atoms with van der Waals surface area (Å²) in [6.45, 7) is 8.61. The van der Waals surface area contributed by atoms with Crippen LogP contribution in [0, 0.1) is 32.1 Å². The number of hydrogen-bond donors (Lipinski definition) is 0. The third-order valence-corrected chi connectivity index (χ3v) is 7.63. The maximum atomic E-state index is 14.5. The maximum Gasteiger partial charge on any atom is 0.278 e. The number of nitrogens with zero attached hydrogens (tertiary/aromatic N) is 4. The van der Waals surface area contributed by atoms with Crippen LogP contribution in [0.25, 0.3) is 0 Å². The van der Waals surface area contributed by atoms with Gasteiger partial charge in [0.05, 0.1) is 17.4 Å². The van der Waals surface area contributed by atoms with Crippen molar-refractivity contribution in [2.45, 2.75) is 52.4 Å². The van der Waals surface area contributed by atoms with Gasteiger partial charge in [-0.3, -0.25) is 9.59 Å². The Bertz CT molecular complexity index is 1540. The fraction of sp³-hybridized carbons (Fsp3) is 0.273. The molecular weight excluding hydrogens is 484 g/mol. The first-order valence-electron chi connectivity index (χ1n) is 13.4. The molecule has 0 N–H and O–H groups in total. The van der Waals surface area contributed by atoms with Crippen molar-refractivity contribution in [2.75, 3.05) is 11.4 Å². The summed E-state index contributed by atoms with van der Waals surface area (Å²) in [4.78, 5) is 30.0. The molecule has 39 heavy (non-hydrogen) atoms. The summed E-state index contributed by atoms with van der Waals surface area (Å²) < 4.78 is 0. The summed E-state index contributed by atoms with van der Waals surface area (Å²) in [7, 11) is 0. The molecule has 0 saturated carbocycles. The number of rotatable bonds is 5. The van der Waals surface area contributed by atoms with Gasteiger partial charge in [0, 0.05) is 30.4 Å². The van der Waals surface area contributed by atoms with Crippen molar-refractivity contribution in [3.63, 3.8) is 0 Å². The Morgan fingerprint density at radius 3 is 2.26 bits per heavy atom. The zero-order valence-corrected chi connectivity index (χ0v) is 22.9. The van der Waals surface area contributed by atoms with Crippen LogP contribution in [0.15, 0.2) is 83.6 Å². The summed E-state index contributed by atoms with van der Waals surface area (Å²) in [5.41, 5.74) is 5.52. The predicted molar refractivity (Wildman–Crippen MR) is 153 cm³/mol. The van der Waals surface area contributed by atoms with E-state index in [0.717, 1.165) is 46.3 Å². The number of nitriles is 1. The van der Waals surface area contributed by atoms with Crippen LogP contribution >= 0.6 is 0 Å². The molecule has 0 radical (unpaired) electrons. The molecule has 6 nitrogen and oxygen atoms in total. The number of hydrogen-bond acceptors (Lipinski definition) is 4. The molecule has 0 aliphatic carbocycles. The number of fused-ring (bicyclic) bond motifs is 2. The van der Waals surface area contributed by atoms with Crippen molar-refractivity contribution >= 4 is 23.2 Å². The lowest BCUT2D eigenvalue weighted by Gasteiger charge is -2.28. The predicted octanol–water partition coefficient (Wildman–Crippen LogP) is 6.35. The molecule has 0 aromatic heterocycles. The number of unbranched alkanes of at least 4 members (excludes halogenated alkanes) is 1. The van der Waals surface area contributed by atoms with Gasteiger partial charge in [-0.2, -0.15) is 10.4 Å². The minimum Gasteiger partial charge on any atom is -0.311 e. The minimum absolute atomic E-state index is 0.145. The lowest BCUT2D eigenvalue weighted by molar-refractivity contribution is -0.121. The molecule has 5 rings (SSSR count). The summed E-state index contributed by atoms with van der Waals surface area (Å²) in [6, 6.07) is 23.4. The number of amides is 2. The molecule has 2 heterocycles. The number of carbonyl (C=O) groups excluding carboxylic acids is 2. The average Bonchev–Trinajstić information content (AvgIpc) is 3.05. The maximum absolute atomic E-state index is 14.5. The third kappa shape index (κ3) is 4.55. The Balaban J connectivity index is 1.74. The largest absolute Gasteiger partial charge is 0.311 e. The van der Waals surface area contributed by atoms with Crippen molar-refractivity contribution in [1.82, 2.24) is 5.01 Å². The van der Waals surface area contributed by atoms with E-state index in [2.05, 4.69) is 13.0 Å². The van der Waals surface area contributed by atoms with E-state index in [1.54, 1.807) is 12.1 Å². The van der Waals surface area contributed by atoms with Crippen molar-refractivity contribution in [1.29, 1.82) is 5.26 Å². The Labute approximate surface area is 229 Å². The molecule has 6 heteroatoms. The molecule has 0 saturated heterocycles. The molecule has 196 valence electrons. The second kappa shape index (κ2) is 10.3. The molecule has 3 aromatic rings. The number of carbonyl (C=O) groups is 2. The molecular formula is C33H32N4O2. The van der Waals surface area contributed by atoms with Crippen molar-refractivity contribution in [3.8, 4) is 6.07 Å². The van der Waals surface area contributed by atoms with Crippen LogP contribution in [-0.4, -0.2) is 29.1 Å². The highest BCUT2D eigenvalue weighted by atomic mass is 16.2. The van der Waals surface area contributed by atoms with Gasteiger partial charge in [-0.05, 0) is 56.5 Å². The van der Waals surface area contributed by atoms with Gasteiger partial charge >= 0.3 is 0 Å². The van der Waals surface area contributed by atoms with Crippen molar-refractivity contribution in [2.24, 2.45) is 5.10 Å². The Hall–Kier alpha value is -4.50. The van der Waals surface area contributed by atoms with Crippen molar-refractivity contribution < 1.29 is 9.59 Å². The summed E-state index contributed by atoms with van der Waals surface area (Å²) >= 11 is 0. The zero-order chi connectivity index (χ0) is 27.7. The van der Waals surface area contributed by atoms with Crippen LogP contribution in [0.5, 0.6) is 0 Å². The van der Waals surface area contributed by atoms with Gasteiger partial charge in [0.2, 0.25) is 5.91 Å². The van der Waals surface area contributed by atoms with Crippen LogP contribution < -0.4 is 4.90 Å². The topological polar surface area (TPSA) is 76.8 Å². The molecule has 0 fully saturated rings. The van der Waals surface area contributed by atoms with E-state index in [-0.39, 0.29) is 23.8 Å². The van der Waals surface area contributed by atoms with Gasteiger partial charge in [0.15, 0.2) is 0 Å². The first-order valence-corrected chi connectivity index (χ1v) is 13.4. The third-order valence-electron chi connectivity index (χ3n) is 7.63. The highest BCUT2D eigenvalue weighted by Crippen LogP contribution is 2.50. The zero-order valence-electron chi connectivity index (χ0n) is 22.9. The van der Waals surface area contributed by atoms with E-state index in [1.165, 1.54) is 11.2 Å². The minimum atomic E-state index is -1.28. The summed E-state index contributed by atoms with van der Waals surface area (Å²) in [5.74, 6) is -0.504. The van der Waals surface area contributed by atoms with Crippen LogP contribution in [-0.2, 0) is 10.2 Å². The molecule has 1 spiro atoms. The van der Waals surface area contributed by atoms with Crippen molar-refractivity contribution in [3.05, 3.63) is 112 Å². The summed E-state index contributed by atoms with van der Waals surface area (Å²) in [6.07, 6.45) is 3.42. The van der Waals surface area contributed by atoms with Gasteiger partial charge in [-0.15, -0.1) is 0 Å². The lowest BCUT2D eigenvalue weighted by atomic mass is 9.71. The monoisotopic (exact) mass is 516 g/mol. The first-order chi connectivity index (χ1) is 18.8. The standard InChI is InChI=1S/C33H32N4O2/c1-5-6-17-36-30-16-11-24(4)18-28(30)33(32(36)39)19-29(25-12-7-22(2)8-13-25)35-37(21-27(33)20-34)31(38)26-14-9-23(3)10-15-26/h7-16,18,21H,5-6,17,19H2,1-4H3. The van der Waals surface area contributed by atoms with Gasteiger partial charge in [-0.1, -0.05) is 78.6 Å². The number of aryl methyl sites for hydroxylation is 3. The molecule has 3 aromatic carbocycles. The summed E-state index contributed by atoms with van der Waals surface area (Å²) in [5, 5.41) is 16.6. The highest BCUT2D eigenvalue weighted by Gasteiger charge is 2.55. The van der Waals surface area contributed by atoms with E-state index < -0.39 is 5.41 Å². The normalized spacial score (nSPS) is 18.4. The SMILES string of the molecule is CCCCN1C(=O)C2(CC(c3ccc(C)cc3)=NN(C(=O)c3ccc(C)cc3)C=C2C#N)c2cc(C)ccc21. The van der Waals surface area contributed by atoms with E-state index in [4.69, 9.17) is 5.10 Å². The molecule has 1 atom stereocenters. The lowest BCUT2D eigenvalue weighted by Crippen LogP contribution is -2.43. The van der Waals surface area contributed by atoms with Crippen LogP contribution in [0.2, 0.25) is 0 Å². The Morgan fingerprint density at radius 2 is 1.62 bits per heavy atom. The highest BCUT2D eigenvalue weighted by molar-refractivity contribution is 6.16. The molecule has 0 bridgehead atoms. The number of hydrazone groups is 1. The van der Waals surface area contributed by atoms with Crippen LogP contribution in [0.4, 0.5) is 5.69 Å². The van der Waals surface area contributed by atoms with Crippen LogP contribution in [0.1, 0.15) is 64.4 Å². The van der Waals surface area contributed by atoms with E-state index in [0.29, 0.717) is 17.8 Å². The molecule has 2 aliphatic heterocycles. The smallest absolute Gasteiger partial charge is 0.278 e. The average molecular weight is 517 g/mol. The molecule has 2 aliphatic rings. The van der Waals surface area contributed by atoms with E-state index in [9.17, 15) is 14.9 Å². The first kappa shape index (κ1) is 26.1. The fourth-order valence-electron chi connectivity index (χ4n) is 5.39. The molecule has 2 amide bonds. The van der Waals surface area contributed by atoms with Gasteiger partial charge in [0.1, 0.15) is 5.41 Å². The fourth-order valence-corrected chi connectivity index (χ4v) is 5.39. The molecule has 1 unspecified atom stereocenters. The van der Waals surface area contributed by atoms with E-state index in [1.807, 2.05) is 80.3 Å². The van der Waals surface area contributed by atoms with E-state index >= 15 is 0 Å². The van der Waals surface area contributed by atoms with Gasteiger partial charge < -0.3 is 4.90 Å². The van der Waals surface area contributed by atoms with Crippen LogP contribution in [0.3, 0.4) is 0 Å². The van der Waals surface area contributed by atoms with Gasteiger partial charge in [-0.25, -0.2) is 5.01 Å². The Kier molecular flexibility index (Phi) is 6.93. The van der Waals surface area contributed by atoms with Gasteiger partial charge in [0.25, 0.3) is 5.91 Å².